The first-order valence-corrected chi connectivity index (χ1v) is 5.92. The lowest BCUT2D eigenvalue weighted by molar-refractivity contribution is -0.120. The summed E-state index contributed by atoms with van der Waals surface area (Å²) in [4.78, 5) is 26.3. The Bertz CT molecular complexity index is 731. The van der Waals surface area contributed by atoms with E-state index in [0.717, 1.165) is 12.1 Å². The third kappa shape index (κ3) is 2.57. The smallest absolute Gasteiger partial charge is 0.322 e. The van der Waals surface area contributed by atoms with Crippen molar-refractivity contribution in [3.05, 3.63) is 35.7 Å². The molecular weight excluding hydrogens is 286 g/mol. The monoisotopic (exact) mass is 294 g/mol. The van der Waals surface area contributed by atoms with Crippen LogP contribution in [0.5, 0.6) is 0 Å². The van der Waals surface area contributed by atoms with E-state index in [2.05, 4.69) is 20.8 Å². The molecular formula is C12H8F2N4O3. The van der Waals surface area contributed by atoms with Gasteiger partial charge in [0, 0.05) is 5.56 Å². The van der Waals surface area contributed by atoms with E-state index in [1.807, 2.05) is 0 Å². The van der Waals surface area contributed by atoms with Crippen LogP contribution >= 0.6 is 0 Å². The van der Waals surface area contributed by atoms with Crippen LogP contribution in [0.25, 0.3) is 11.4 Å². The Kier molecular flexibility index (Phi) is 3.09. The Labute approximate surface area is 116 Å². The molecule has 0 spiro atoms. The number of urea groups is 1. The number of nitrogens with zero attached hydrogens (tertiary/aromatic N) is 2. The number of halogens is 2. The van der Waals surface area contributed by atoms with Crippen molar-refractivity contribution in [3.8, 4) is 11.4 Å². The molecule has 1 aliphatic heterocycles. The summed E-state index contributed by atoms with van der Waals surface area (Å²) in [6.45, 7) is 0. The lowest BCUT2D eigenvalue weighted by Gasteiger charge is -2.01. The number of amides is 3. The number of benzene rings is 1. The van der Waals surface area contributed by atoms with Crippen LogP contribution in [0.15, 0.2) is 22.7 Å². The molecule has 2 N–H and O–H groups in total. The summed E-state index contributed by atoms with van der Waals surface area (Å²) in [5.74, 6) is -2.34. The molecule has 1 fully saturated rings. The van der Waals surface area contributed by atoms with Crippen molar-refractivity contribution in [2.24, 2.45) is 0 Å². The standard InChI is InChI=1S/C12H8F2N4O3/c13-6-2-1-5(3-7(6)14)10-16-9(21-18-10)4-8-11(19)17-12(20)15-8/h1-3,8H,4H2,(H2,15,17,19,20)/t8-/m0/s1. The fourth-order valence-corrected chi connectivity index (χ4v) is 1.87. The second kappa shape index (κ2) is 4.93. The first-order chi connectivity index (χ1) is 10.0. The Hall–Kier alpha value is -2.84. The fourth-order valence-electron chi connectivity index (χ4n) is 1.87. The van der Waals surface area contributed by atoms with E-state index in [1.54, 1.807) is 0 Å². The molecule has 9 heteroatoms. The van der Waals surface area contributed by atoms with Crippen LogP contribution < -0.4 is 10.6 Å². The van der Waals surface area contributed by atoms with Crippen molar-refractivity contribution in [3.63, 3.8) is 0 Å². The third-order valence-corrected chi connectivity index (χ3v) is 2.88. The Morgan fingerprint density at radius 3 is 2.71 bits per heavy atom. The summed E-state index contributed by atoms with van der Waals surface area (Å²) in [7, 11) is 0. The number of imide groups is 1. The Balaban J connectivity index is 1.78. The van der Waals surface area contributed by atoms with E-state index in [1.165, 1.54) is 6.07 Å². The van der Waals surface area contributed by atoms with Crippen LogP contribution in [-0.4, -0.2) is 28.1 Å². The molecule has 3 rings (SSSR count). The van der Waals surface area contributed by atoms with Gasteiger partial charge in [-0.25, -0.2) is 13.6 Å². The number of aromatic nitrogens is 2. The summed E-state index contributed by atoms with van der Waals surface area (Å²) in [6.07, 6.45) is 0.00818. The van der Waals surface area contributed by atoms with Crippen LogP contribution in [-0.2, 0) is 11.2 Å². The van der Waals surface area contributed by atoms with Crippen LogP contribution in [0.4, 0.5) is 13.6 Å². The minimum Gasteiger partial charge on any atom is -0.339 e. The summed E-state index contributed by atoms with van der Waals surface area (Å²) in [5.41, 5.74) is 0.240. The Morgan fingerprint density at radius 1 is 1.24 bits per heavy atom. The summed E-state index contributed by atoms with van der Waals surface area (Å²) in [6, 6.07) is 1.80. The summed E-state index contributed by atoms with van der Waals surface area (Å²) < 4.78 is 30.9. The summed E-state index contributed by atoms with van der Waals surface area (Å²) >= 11 is 0. The molecule has 0 unspecified atom stereocenters. The van der Waals surface area contributed by atoms with Crippen LogP contribution in [0.1, 0.15) is 5.89 Å². The SMILES string of the molecule is O=C1NC(=O)[C@H](Cc2nc(-c3ccc(F)c(F)c3)no2)N1. The number of carbonyl (C=O) groups excluding carboxylic acids is 2. The molecule has 0 radical (unpaired) electrons. The van der Waals surface area contributed by atoms with Gasteiger partial charge in [-0.3, -0.25) is 10.1 Å². The van der Waals surface area contributed by atoms with E-state index < -0.39 is 29.6 Å². The topological polar surface area (TPSA) is 97.1 Å². The van der Waals surface area contributed by atoms with E-state index in [9.17, 15) is 18.4 Å². The van der Waals surface area contributed by atoms with Gasteiger partial charge in [-0.15, -0.1) is 0 Å². The molecule has 0 aliphatic carbocycles. The van der Waals surface area contributed by atoms with E-state index in [0.29, 0.717) is 0 Å². The molecule has 1 aromatic heterocycles. The molecule has 7 nitrogen and oxygen atoms in total. The van der Waals surface area contributed by atoms with E-state index >= 15 is 0 Å². The number of hydrogen-bond acceptors (Lipinski definition) is 5. The van der Waals surface area contributed by atoms with Crippen LogP contribution in [0.2, 0.25) is 0 Å². The molecule has 3 amide bonds. The van der Waals surface area contributed by atoms with Gasteiger partial charge in [-0.2, -0.15) is 4.98 Å². The number of nitrogens with one attached hydrogen (secondary N) is 2. The zero-order chi connectivity index (χ0) is 15.0. The second-order valence-corrected chi connectivity index (χ2v) is 4.36. The van der Waals surface area contributed by atoms with Crippen LogP contribution in [0, 0.1) is 11.6 Å². The molecule has 1 saturated heterocycles. The minimum atomic E-state index is -1.03. The molecule has 1 aliphatic rings. The predicted molar refractivity (Wildman–Crippen MR) is 63.8 cm³/mol. The molecule has 0 bridgehead atoms. The van der Waals surface area contributed by atoms with Crippen molar-refractivity contribution >= 4 is 11.9 Å². The third-order valence-electron chi connectivity index (χ3n) is 2.88. The van der Waals surface area contributed by atoms with Crippen molar-refractivity contribution in [2.45, 2.75) is 12.5 Å². The van der Waals surface area contributed by atoms with Gasteiger partial charge in [0.15, 0.2) is 11.6 Å². The average Bonchev–Trinajstić information content (AvgIpc) is 3.01. The van der Waals surface area contributed by atoms with Gasteiger partial charge in [0.25, 0.3) is 5.91 Å². The highest BCUT2D eigenvalue weighted by molar-refractivity contribution is 6.04. The van der Waals surface area contributed by atoms with Crippen molar-refractivity contribution in [1.29, 1.82) is 0 Å². The normalized spacial score (nSPS) is 17.7. The first kappa shape index (κ1) is 13.2. The van der Waals surface area contributed by atoms with Crippen molar-refractivity contribution < 1.29 is 22.9 Å². The van der Waals surface area contributed by atoms with Gasteiger partial charge >= 0.3 is 6.03 Å². The highest BCUT2D eigenvalue weighted by Crippen LogP contribution is 2.19. The average molecular weight is 294 g/mol. The summed E-state index contributed by atoms with van der Waals surface area (Å²) in [5, 5.41) is 8.07. The molecule has 108 valence electrons. The zero-order valence-corrected chi connectivity index (χ0v) is 10.4. The van der Waals surface area contributed by atoms with Gasteiger partial charge in [-0.1, -0.05) is 5.16 Å². The van der Waals surface area contributed by atoms with E-state index in [4.69, 9.17) is 4.52 Å². The highest BCUT2D eigenvalue weighted by Gasteiger charge is 2.31. The molecule has 0 saturated carbocycles. The number of carbonyl (C=O) groups is 2. The zero-order valence-electron chi connectivity index (χ0n) is 10.4. The maximum Gasteiger partial charge on any atom is 0.322 e. The van der Waals surface area contributed by atoms with Gasteiger partial charge in [0.05, 0.1) is 6.42 Å². The van der Waals surface area contributed by atoms with Gasteiger partial charge < -0.3 is 9.84 Å². The van der Waals surface area contributed by atoms with Gasteiger partial charge in [0.1, 0.15) is 6.04 Å². The van der Waals surface area contributed by atoms with Gasteiger partial charge in [0.2, 0.25) is 11.7 Å². The lowest BCUT2D eigenvalue weighted by atomic mass is 10.2. The fraction of sp³-hybridized carbons (Fsp3) is 0.167. The lowest BCUT2D eigenvalue weighted by Crippen LogP contribution is -2.31. The van der Waals surface area contributed by atoms with Crippen molar-refractivity contribution in [2.75, 3.05) is 0 Å². The molecule has 2 aromatic rings. The number of rotatable bonds is 3. The minimum absolute atomic E-state index is 0.00818. The van der Waals surface area contributed by atoms with Gasteiger partial charge in [-0.05, 0) is 18.2 Å². The Morgan fingerprint density at radius 2 is 2.05 bits per heavy atom. The maximum absolute atomic E-state index is 13.1. The van der Waals surface area contributed by atoms with E-state index in [-0.39, 0.29) is 23.7 Å². The quantitative estimate of drug-likeness (QED) is 0.815. The molecule has 1 atom stereocenters. The molecule has 2 heterocycles. The van der Waals surface area contributed by atoms with Crippen LogP contribution in [0.3, 0.4) is 0 Å². The predicted octanol–water partition coefficient (Wildman–Crippen LogP) is 0.765. The first-order valence-electron chi connectivity index (χ1n) is 5.92. The maximum atomic E-state index is 13.1. The largest absolute Gasteiger partial charge is 0.339 e. The number of hydrogen-bond donors (Lipinski definition) is 2. The second-order valence-electron chi connectivity index (χ2n) is 4.36. The van der Waals surface area contributed by atoms with Crippen molar-refractivity contribution in [1.82, 2.24) is 20.8 Å². The highest BCUT2D eigenvalue weighted by atomic mass is 19.2. The molecule has 1 aromatic carbocycles. The molecule has 21 heavy (non-hydrogen) atoms.